The summed E-state index contributed by atoms with van der Waals surface area (Å²) in [4.78, 5) is 7.60. The van der Waals surface area contributed by atoms with Gasteiger partial charge < -0.3 is 6.15 Å². The molecule has 0 aliphatic rings. The van der Waals surface area contributed by atoms with E-state index in [0.29, 0.717) is 10.8 Å². The van der Waals surface area contributed by atoms with E-state index < -0.39 is 3.79 Å². The minimum atomic E-state index is -1.50. The van der Waals surface area contributed by atoms with Gasteiger partial charge in [0.1, 0.15) is 5.15 Å². The van der Waals surface area contributed by atoms with Gasteiger partial charge in [-0.1, -0.05) is 58.5 Å². The molecule has 18 heavy (non-hydrogen) atoms. The van der Waals surface area contributed by atoms with Gasteiger partial charge in [-0.05, 0) is 24.3 Å². The zero-order valence-electron chi connectivity index (χ0n) is 9.23. The third-order valence-electron chi connectivity index (χ3n) is 1.57. The molecule has 0 aliphatic heterocycles. The lowest BCUT2D eigenvalue weighted by molar-refractivity contribution is 1.09. The van der Waals surface area contributed by atoms with Crippen molar-refractivity contribution in [1.82, 2.24) is 16.1 Å². The summed E-state index contributed by atoms with van der Waals surface area (Å²) in [5.74, 6) is 0. The van der Waals surface area contributed by atoms with Crippen molar-refractivity contribution in [3.8, 4) is 0 Å². The van der Waals surface area contributed by atoms with Gasteiger partial charge in [-0.3, -0.25) is 4.98 Å². The van der Waals surface area contributed by atoms with Gasteiger partial charge in [0.25, 0.3) is 0 Å². The molecule has 0 fully saturated rings. The molecule has 0 aliphatic carbocycles. The highest BCUT2D eigenvalue weighted by molar-refractivity contribution is 6.66. The van der Waals surface area contributed by atoms with Crippen molar-refractivity contribution in [3.05, 3.63) is 59.6 Å². The molecular weight excluding hydrogens is 316 g/mol. The lowest BCUT2D eigenvalue weighted by Crippen LogP contribution is -2.02. The third-order valence-corrected chi connectivity index (χ3v) is 2.36. The minimum absolute atomic E-state index is 0. The number of rotatable bonds is 0. The highest BCUT2D eigenvalue weighted by Crippen LogP contribution is 2.36. The van der Waals surface area contributed by atoms with Crippen LogP contribution in [-0.4, -0.2) is 9.97 Å². The topological polar surface area (TPSA) is 60.8 Å². The molecule has 0 amide bonds. The van der Waals surface area contributed by atoms with Crippen molar-refractivity contribution in [3.63, 3.8) is 0 Å². The molecule has 0 radical (unpaired) electrons. The molecule has 2 rings (SSSR count). The Kier molecular flexibility index (Phi) is 8.24. The van der Waals surface area contributed by atoms with Crippen LogP contribution in [0, 0.1) is 0 Å². The van der Waals surface area contributed by atoms with Crippen LogP contribution in [0.1, 0.15) is 5.69 Å². The van der Waals surface area contributed by atoms with Crippen molar-refractivity contribution >= 4 is 46.4 Å². The maximum atomic E-state index is 5.56. The molecule has 2 heterocycles. The van der Waals surface area contributed by atoms with Gasteiger partial charge in [-0.25, -0.2) is 4.98 Å². The lowest BCUT2D eigenvalue weighted by Gasteiger charge is -2.08. The lowest BCUT2D eigenvalue weighted by atomic mass is 10.4. The van der Waals surface area contributed by atoms with Gasteiger partial charge in [-0.15, -0.1) is 0 Å². The number of hydrogen-bond donors (Lipinski definition) is 1. The number of aromatic nitrogens is 2. The van der Waals surface area contributed by atoms with E-state index in [2.05, 4.69) is 9.97 Å². The van der Waals surface area contributed by atoms with E-state index in [-0.39, 0.29) is 6.15 Å². The van der Waals surface area contributed by atoms with Crippen LogP contribution in [0.15, 0.2) is 48.8 Å². The van der Waals surface area contributed by atoms with Crippen LogP contribution in [0.4, 0.5) is 0 Å². The Balaban J connectivity index is 0.000000352. The Morgan fingerprint density at radius 2 is 1.50 bits per heavy atom. The molecule has 3 N–H and O–H groups in total. The van der Waals surface area contributed by atoms with Crippen LogP contribution in [0.2, 0.25) is 5.15 Å². The summed E-state index contributed by atoms with van der Waals surface area (Å²) in [6.07, 6.45) is 3.50. The maximum absolute atomic E-state index is 5.56. The SMILES string of the molecule is Clc1cccc(C(Cl)(Cl)Cl)n1.N.c1ccncc1. The Morgan fingerprint density at radius 1 is 0.889 bits per heavy atom. The molecule has 7 heteroatoms. The van der Waals surface area contributed by atoms with E-state index in [1.54, 1.807) is 30.6 Å². The monoisotopic (exact) mass is 325 g/mol. The average molecular weight is 327 g/mol. The summed E-state index contributed by atoms with van der Waals surface area (Å²) < 4.78 is -1.50. The first-order valence-corrected chi connectivity index (χ1v) is 6.06. The van der Waals surface area contributed by atoms with Gasteiger partial charge in [0, 0.05) is 12.4 Å². The van der Waals surface area contributed by atoms with Crippen LogP contribution < -0.4 is 6.15 Å². The molecule has 0 saturated carbocycles. The summed E-state index contributed by atoms with van der Waals surface area (Å²) in [5, 5.41) is 0.314. The number of nitrogens with zero attached hydrogens (tertiary/aromatic N) is 2. The summed E-state index contributed by atoms with van der Waals surface area (Å²) in [6.45, 7) is 0. The van der Waals surface area contributed by atoms with Crippen LogP contribution in [-0.2, 0) is 3.79 Å². The highest BCUT2D eigenvalue weighted by atomic mass is 35.6. The minimum Gasteiger partial charge on any atom is -0.344 e. The fourth-order valence-corrected chi connectivity index (χ4v) is 1.36. The van der Waals surface area contributed by atoms with E-state index in [1.807, 2.05) is 18.2 Å². The molecule has 0 unspecified atom stereocenters. The fraction of sp³-hybridized carbons (Fsp3) is 0.0909. The smallest absolute Gasteiger partial charge is 0.232 e. The summed E-state index contributed by atoms with van der Waals surface area (Å²) >= 11 is 22.2. The second-order valence-electron chi connectivity index (χ2n) is 2.87. The van der Waals surface area contributed by atoms with E-state index >= 15 is 0 Å². The molecule has 98 valence electrons. The number of alkyl halides is 3. The molecule has 0 aromatic carbocycles. The van der Waals surface area contributed by atoms with Crippen molar-refractivity contribution in [2.24, 2.45) is 0 Å². The average Bonchev–Trinajstić information content (AvgIpc) is 2.31. The maximum Gasteiger partial charge on any atom is 0.232 e. The second kappa shape index (κ2) is 8.51. The zero-order valence-corrected chi connectivity index (χ0v) is 12.3. The van der Waals surface area contributed by atoms with Gasteiger partial charge in [0.15, 0.2) is 0 Å². The molecule has 0 bridgehead atoms. The van der Waals surface area contributed by atoms with Gasteiger partial charge in [-0.2, -0.15) is 0 Å². The van der Waals surface area contributed by atoms with Crippen LogP contribution >= 0.6 is 46.4 Å². The van der Waals surface area contributed by atoms with Crippen molar-refractivity contribution in [2.75, 3.05) is 0 Å². The summed E-state index contributed by atoms with van der Waals surface area (Å²) in [5.41, 5.74) is 0.329. The van der Waals surface area contributed by atoms with Gasteiger partial charge >= 0.3 is 0 Å². The largest absolute Gasteiger partial charge is 0.344 e. The van der Waals surface area contributed by atoms with Gasteiger partial charge in [0.2, 0.25) is 3.79 Å². The first kappa shape index (κ1) is 17.4. The van der Waals surface area contributed by atoms with Gasteiger partial charge in [0.05, 0.1) is 5.69 Å². The summed E-state index contributed by atoms with van der Waals surface area (Å²) in [6, 6.07) is 10.6. The Labute approximate surface area is 126 Å². The molecular formula is C11H11Cl4N3. The summed E-state index contributed by atoms with van der Waals surface area (Å²) in [7, 11) is 0. The van der Waals surface area contributed by atoms with E-state index in [4.69, 9.17) is 46.4 Å². The predicted octanol–water partition coefficient (Wildman–Crippen LogP) is 4.81. The molecule has 0 atom stereocenters. The van der Waals surface area contributed by atoms with E-state index in [0.717, 1.165) is 0 Å². The third kappa shape index (κ3) is 6.99. The van der Waals surface area contributed by atoms with Crippen LogP contribution in [0.3, 0.4) is 0 Å². The first-order valence-electron chi connectivity index (χ1n) is 4.55. The quantitative estimate of drug-likeness (QED) is 0.558. The molecule has 3 nitrogen and oxygen atoms in total. The number of hydrogen-bond acceptors (Lipinski definition) is 3. The van der Waals surface area contributed by atoms with Crippen LogP contribution in [0.5, 0.6) is 0 Å². The zero-order chi connectivity index (χ0) is 12.7. The second-order valence-corrected chi connectivity index (χ2v) is 5.54. The van der Waals surface area contributed by atoms with Crippen LogP contribution in [0.25, 0.3) is 0 Å². The Bertz CT molecular complexity index is 419. The van der Waals surface area contributed by atoms with Crippen molar-refractivity contribution in [2.45, 2.75) is 3.79 Å². The fourth-order valence-electron chi connectivity index (χ4n) is 0.879. The number of pyridine rings is 2. The van der Waals surface area contributed by atoms with Crippen molar-refractivity contribution in [1.29, 1.82) is 0 Å². The predicted molar refractivity (Wildman–Crippen MR) is 77.7 cm³/mol. The standard InChI is InChI=1S/C6H3Cl4N.C5H5N.H3N/c7-5-3-1-2-4(11-5)6(8,9)10;1-2-4-6-5-3-1;/h1-3H;1-5H;1H3. The number of halogens is 4. The van der Waals surface area contributed by atoms with E-state index in [9.17, 15) is 0 Å². The normalized spacial score (nSPS) is 9.78. The molecule has 2 aromatic heterocycles. The molecule has 2 aromatic rings. The van der Waals surface area contributed by atoms with Crippen molar-refractivity contribution < 1.29 is 0 Å². The highest BCUT2D eigenvalue weighted by Gasteiger charge is 2.24. The molecule has 0 spiro atoms. The van der Waals surface area contributed by atoms with E-state index in [1.165, 1.54) is 0 Å². The Hall–Kier alpha value is -0.580. The molecule has 0 saturated heterocycles. The Morgan fingerprint density at radius 3 is 1.78 bits per heavy atom. The first-order chi connectivity index (χ1) is 8.00.